The number of nitrogens with one attached hydrogen (secondary N) is 1. The summed E-state index contributed by atoms with van der Waals surface area (Å²) in [6.45, 7) is 0. The molecule has 1 fully saturated rings. The van der Waals surface area contributed by atoms with Gasteiger partial charge < -0.3 is 14.8 Å². The van der Waals surface area contributed by atoms with Crippen LogP contribution in [0, 0.1) is 21.4 Å². The molecule has 8 nitrogen and oxygen atoms in total. The number of benzene rings is 1. The van der Waals surface area contributed by atoms with Crippen molar-refractivity contribution in [3.63, 3.8) is 0 Å². The van der Waals surface area contributed by atoms with Gasteiger partial charge in [0, 0.05) is 6.04 Å². The first-order valence-electron chi connectivity index (χ1n) is 8.33. The zero-order valence-corrected chi connectivity index (χ0v) is 14.8. The highest BCUT2D eigenvalue weighted by atomic mass is 16.6. The van der Waals surface area contributed by atoms with E-state index in [2.05, 4.69) is 5.32 Å². The maximum atomic E-state index is 12.4. The van der Waals surface area contributed by atoms with Crippen LogP contribution in [0.1, 0.15) is 37.7 Å². The summed E-state index contributed by atoms with van der Waals surface area (Å²) in [5.41, 5.74) is -0.366. The number of ether oxygens (including phenoxy) is 2. The third-order valence-corrected chi connectivity index (χ3v) is 4.33. The third kappa shape index (κ3) is 4.51. The van der Waals surface area contributed by atoms with Gasteiger partial charge in [-0.1, -0.05) is 19.3 Å². The number of nitriles is 1. The monoisotopic (exact) mass is 359 g/mol. The SMILES string of the molecule is COc1cc(/C=C(\C#N)C(=O)NC2CCCCC2)c([N+](=O)[O-])cc1OC. The van der Waals surface area contributed by atoms with Gasteiger partial charge in [0.1, 0.15) is 11.6 Å². The van der Waals surface area contributed by atoms with Crippen molar-refractivity contribution in [3.05, 3.63) is 33.4 Å². The lowest BCUT2D eigenvalue weighted by Crippen LogP contribution is -2.36. The van der Waals surface area contributed by atoms with Crippen LogP contribution in [0.5, 0.6) is 11.5 Å². The maximum absolute atomic E-state index is 12.4. The fourth-order valence-electron chi connectivity index (χ4n) is 2.97. The van der Waals surface area contributed by atoms with E-state index in [1.807, 2.05) is 6.07 Å². The first kappa shape index (κ1) is 19.2. The quantitative estimate of drug-likeness (QED) is 0.361. The van der Waals surface area contributed by atoms with Gasteiger partial charge in [-0.25, -0.2) is 0 Å². The molecule has 0 saturated heterocycles. The normalized spacial score (nSPS) is 15.0. The molecule has 1 aromatic rings. The number of carbonyl (C=O) groups excluding carboxylic acids is 1. The summed E-state index contributed by atoms with van der Waals surface area (Å²) in [4.78, 5) is 23.1. The van der Waals surface area contributed by atoms with Gasteiger partial charge in [-0.2, -0.15) is 5.26 Å². The highest BCUT2D eigenvalue weighted by molar-refractivity contribution is 6.02. The Morgan fingerprint density at radius 1 is 1.27 bits per heavy atom. The highest BCUT2D eigenvalue weighted by Gasteiger charge is 2.22. The number of rotatable bonds is 6. The average molecular weight is 359 g/mol. The van der Waals surface area contributed by atoms with Crippen LogP contribution < -0.4 is 14.8 Å². The van der Waals surface area contributed by atoms with Crippen molar-refractivity contribution >= 4 is 17.7 Å². The Bertz CT molecular complexity index is 761. The summed E-state index contributed by atoms with van der Waals surface area (Å²) in [7, 11) is 2.77. The molecule has 0 heterocycles. The summed E-state index contributed by atoms with van der Waals surface area (Å²) >= 11 is 0. The number of nitro benzene ring substituents is 1. The molecule has 1 saturated carbocycles. The van der Waals surface area contributed by atoms with E-state index in [0.29, 0.717) is 0 Å². The second-order valence-electron chi connectivity index (χ2n) is 6.00. The van der Waals surface area contributed by atoms with Crippen molar-refractivity contribution in [2.24, 2.45) is 0 Å². The van der Waals surface area contributed by atoms with Crippen LogP contribution in [0.15, 0.2) is 17.7 Å². The van der Waals surface area contributed by atoms with Crippen molar-refractivity contribution in [2.75, 3.05) is 14.2 Å². The second kappa shape index (κ2) is 8.85. The number of nitro groups is 1. The third-order valence-electron chi connectivity index (χ3n) is 4.33. The Morgan fingerprint density at radius 2 is 1.88 bits per heavy atom. The van der Waals surface area contributed by atoms with Crippen molar-refractivity contribution in [2.45, 2.75) is 38.1 Å². The lowest BCUT2D eigenvalue weighted by atomic mass is 9.95. The number of hydrogen-bond donors (Lipinski definition) is 1. The summed E-state index contributed by atoms with van der Waals surface area (Å²) < 4.78 is 10.2. The van der Waals surface area contributed by atoms with Gasteiger partial charge in [0.2, 0.25) is 0 Å². The Kier molecular flexibility index (Phi) is 6.55. The van der Waals surface area contributed by atoms with Gasteiger partial charge >= 0.3 is 0 Å². The first-order chi connectivity index (χ1) is 12.5. The molecule has 1 aliphatic carbocycles. The molecule has 26 heavy (non-hydrogen) atoms. The molecule has 1 aliphatic rings. The summed E-state index contributed by atoms with van der Waals surface area (Å²) in [5.74, 6) is -0.0562. The predicted octanol–water partition coefficient (Wildman–Crippen LogP) is 2.97. The van der Waals surface area contributed by atoms with Gasteiger partial charge in [-0.05, 0) is 25.0 Å². The fraction of sp³-hybridized carbons (Fsp3) is 0.444. The standard InChI is InChI=1S/C18H21N3O5/c1-25-16-9-12(15(21(23)24)10-17(16)26-2)8-13(11-19)18(22)20-14-6-4-3-5-7-14/h8-10,14H,3-7H2,1-2H3,(H,20,22)/b13-8+. The van der Waals surface area contributed by atoms with E-state index in [1.54, 1.807) is 0 Å². The van der Waals surface area contributed by atoms with Gasteiger partial charge in [0.15, 0.2) is 11.5 Å². The predicted molar refractivity (Wildman–Crippen MR) is 94.8 cm³/mol. The first-order valence-corrected chi connectivity index (χ1v) is 8.33. The number of nitrogens with zero attached hydrogens (tertiary/aromatic N) is 2. The molecule has 0 spiro atoms. The van der Waals surface area contributed by atoms with Gasteiger partial charge in [-0.3, -0.25) is 14.9 Å². The Labute approximate surface area is 151 Å². The van der Waals surface area contributed by atoms with E-state index in [0.717, 1.165) is 32.1 Å². The minimum Gasteiger partial charge on any atom is -0.493 e. The zero-order valence-electron chi connectivity index (χ0n) is 14.8. The van der Waals surface area contributed by atoms with Crippen molar-refractivity contribution < 1.29 is 19.2 Å². The molecular formula is C18H21N3O5. The van der Waals surface area contributed by atoms with Gasteiger partial charge in [-0.15, -0.1) is 0 Å². The molecule has 0 unspecified atom stereocenters. The smallest absolute Gasteiger partial charge is 0.280 e. The van der Waals surface area contributed by atoms with Gasteiger partial charge in [0.25, 0.3) is 11.6 Å². The molecule has 1 amide bonds. The maximum Gasteiger partial charge on any atom is 0.280 e. The van der Waals surface area contributed by atoms with Crippen molar-refractivity contribution in [1.29, 1.82) is 5.26 Å². The van der Waals surface area contributed by atoms with Crippen LogP contribution in [0.3, 0.4) is 0 Å². The van der Waals surface area contributed by atoms with Gasteiger partial charge in [0.05, 0.1) is 30.8 Å². The zero-order chi connectivity index (χ0) is 19.1. The summed E-state index contributed by atoms with van der Waals surface area (Å²) in [5, 5.41) is 23.5. The molecule has 8 heteroatoms. The minimum absolute atomic E-state index is 0.0355. The molecule has 0 radical (unpaired) electrons. The molecule has 0 atom stereocenters. The number of carbonyl (C=O) groups is 1. The molecular weight excluding hydrogens is 338 g/mol. The van der Waals surface area contributed by atoms with Crippen LogP contribution in [0.4, 0.5) is 5.69 Å². The number of hydrogen-bond acceptors (Lipinski definition) is 6. The average Bonchev–Trinajstić information content (AvgIpc) is 2.65. The summed E-state index contributed by atoms with van der Waals surface area (Å²) in [6, 6.07) is 4.45. The molecule has 138 valence electrons. The van der Waals surface area contributed by atoms with E-state index < -0.39 is 10.8 Å². The molecule has 2 rings (SSSR count). The van der Waals surface area contributed by atoms with E-state index in [-0.39, 0.29) is 34.4 Å². The highest BCUT2D eigenvalue weighted by Crippen LogP contribution is 2.35. The van der Waals surface area contributed by atoms with Crippen LogP contribution in [-0.4, -0.2) is 31.1 Å². The number of amides is 1. The Morgan fingerprint density at radius 3 is 2.42 bits per heavy atom. The van der Waals surface area contributed by atoms with Crippen LogP contribution in [-0.2, 0) is 4.79 Å². The Hall–Kier alpha value is -3.08. The topological polar surface area (TPSA) is 114 Å². The van der Waals surface area contributed by atoms with Crippen molar-refractivity contribution in [3.8, 4) is 17.6 Å². The summed E-state index contributed by atoms with van der Waals surface area (Å²) in [6.07, 6.45) is 6.18. The molecule has 0 aliphatic heterocycles. The lowest BCUT2D eigenvalue weighted by Gasteiger charge is -2.22. The number of methoxy groups -OCH3 is 2. The van der Waals surface area contributed by atoms with Crippen molar-refractivity contribution in [1.82, 2.24) is 5.32 Å². The van der Waals surface area contributed by atoms with Crippen LogP contribution in [0.25, 0.3) is 6.08 Å². The Balaban J connectivity index is 2.36. The van der Waals surface area contributed by atoms with E-state index in [4.69, 9.17) is 9.47 Å². The van der Waals surface area contributed by atoms with Crippen LogP contribution >= 0.6 is 0 Å². The molecule has 1 aromatic carbocycles. The lowest BCUT2D eigenvalue weighted by molar-refractivity contribution is -0.385. The van der Waals surface area contributed by atoms with E-state index >= 15 is 0 Å². The molecule has 1 N–H and O–H groups in total. The van der Waals surface area contributed by atoms with E-state index in [1.165, 1.54) is 32.4 Å². The molecule has 0 bridgehead atoms. The fourth-order valence-corrected chi connectivity index (χ4v) is 2.97. The molecule has 0 aromatic heterocycles. The largest absolute Gasteiger partial charge is 0.493 e. The van der Waals surface area contributed by atoms with E-state index in [9.17, 15) is 20.2 Å². The second-order valence-corrected chi connectivity index (χ2v) is 6.00. The minimum atomic E-state index is -0.595. The van der Waals surface area contributed by atoms with Crippen LogP contribution in [0.2, 0.25) is 0 Å².